The lowest BCUT2D eigenvalue weighted by Gasteiger charge is -2.27. The van der Waals surface area contributed by atoms with Crippen LogP contribution in [0, 0.1) is 0 Å². The Morgan fingerprint density at radius 2 is 2.12 bits per heavy atom. The summed E-state index contributed by atoms with van der Waals surface area (Å²) >= 11 is 1.79. The van der Waals surface area contributed by atoms with Crippen LogP contribution in [0.25, 0.3) is 0 Å². The Hall–Kier alpha value is -2.34. The molecule has 1 aliphatic heterocycles. The summed E-state index contributed by atoms with van der Waals surface area (Å²) in [5, 5.41) is 8.72. The van der Waals surface area contributed by atoms with Crippen molar-refractivity contribution in [3.8, 4) is 0 Å². The van der Waals surface area contributed by atoms with E-state index < -0.39 is 0 Å². The number of hydrogen-bond donors (Lipinski definition) is 2. The second kappa shape index (κ2) is 8.85. The molecule has 3 rings (SSSR count). The minimum absolute atomic E-state index is 0.150. The lowest BCUT2D eigenvalue weighted by molar-refractivity contribution is -0.131. The molecule has 1 unspecified atom stereocenters. The van der Waals surface area contributed by atoms with Gasteiger partial charge in [-0.05, 0) is 35.9 Å². The van der Waals surface area contributed by atoms with Crippen LogP contribution in [0.2, 0.25) is 0 Å². The van der Waals surface area contributed by atoms with Crippen LogP contribution < -0.4 is 10.6 Å². The fourth-order valence-corrected chi connectivity index (χ4v) is 4.02. The smallest absolute Gasteiger partial charge is 0.224 e. The van der Waals surface area contributed by atoms with E-state index in [-0.39, 0.29) is 11.9 Å². The molecule has 5 nitrogen and oxygen atoms in total. The predicted octanol–water partition coefficient (Wildman–Crippen LogP) is 2.95. The summed E-state index contributed by atoms with van der Waals surface area (Å²) in [6.07, 6.45) is 1.45. The Kier molecular flexibility index (Phi) is 6.28. The third-order valence-corrected chi connectivity index (χ3v) is 5.69. The molecule has 0 saturated heterocycles. The number of carbonyl (C=O) groups excluding carboxylic acids is 1. The number of thiophene rings is 1. The molecular formula is C20H26N4OS. The molecule has 0 saturated carbocycles. The maximum absolute atomic E-state index is 12.5. The van der Waals surface area contributed by atoms with Crippen LogP contribution in [0.5, 0.6) is 0 Å². The average Bonchev–Trinajstić information content (AvgIpc) is 3.15. The van der Waals surface area contributed by atoms with Crippen molar-refractivity contribution >= 4 is 23.2 Å². The van der Waals surface area contributed by atoms with Crippen molar-refractivity contribution in [3.05, 3.63) is 57.8 Å². The summed E-state index contributed by atoms with van der Waals surface area (Å²) in [4.78, 5) is 20.1. The molecule has 2 heterocycles. The number of hydrogen-bond acceptors (Lipinski definition) is 3. The van der Waals surface area contributed by atoms with Gasteiger partial charge >= 0.3 is 0 Å². The van der Waals surface area contributed by atoms with Crippen molar-refractivity contribution in [1.82, 2.24) is 15.5 Å². The first-order valence-corrected chi connectivity index (χ1v) is 9.90. The summed E-state index contributed by atoms with van der Waals surface area (Å²) in [6, 6.07) is 12.5. The first kappa shape index (κ1) is 18.5. The Morgan fingerprint density at radius 1 is 1.31 bits per heavy atom. The second-order valence-electron chi connectivity index (χ2n) is 6.46. The first-order chi connectivity index (χ1) is 12.7. The van der Waals surface area contributed by atoms with Crippen LogP contribution >= 0.6 is 11.3 Å². The van der Waals surface area contributed by atoms with Crippen molar-refractivity contribution < 1.29 is 4.79 Å². The maximum atomic E-state index is 12.5. The summed E-state index contributed by atoms with van der Waals surface area (Å²) < 4.78 is 0. The Balaban J connectivity index is 1.44. The lowest BCUT2D eigenvalue weighted by atomic mass is 10.1. The van der Waals surface area contributed by atoms with Gasteiger partial charge in [0.2, 0.25) is 5.91 Å². The monoisotopic (exact) mass is 370 g/mol. The van der Waals surface area contributed by atoms with Gasteiger partial charge in [0.15, 0.2) is 5.96 Å². The molecule has 6 heteroatoms. The third kappa shape index (κ3) is 4.64. The van der Waals surface area contributed by atoms with E-state index in [4.69, 9.17) is 0 Å². The van der Waals surface area contributed by atoms with E-state index >= 15 is 0 Å². The summed E-state index contributed by atoms with van der Waals surface area (Å²) in [5.41, 5.74) is 2.50. The van der Waals surface area contributed by atoms with Gasteiger partial charge in [0.1, 0.15) is 0 Å². The number of nitrogens with zero attached hydrogens (tertiary/aromatic N) is 2. The molecule has 2 aromatic rings. The van der Waals surface area contributed by atoms with Gasteiger partial charge < -0.3 is 15.5 Å². The molecule has 1 aromatic heterocycles. The molecule has 0 fully saturated rings. The van der Waals surface area contributed by atoms with E-state index in [0.29, 0.717) is 18.9 Å². The van der Waals surface area contributed by atoms with Crippen LogP contribution in [0.4, 0.5) is 0 Å². The lowest BCUT2D eigenvalue weighted by Crippen LogP contribution is -2.41. The highest BCUT2D eigenvalue weighted by Crippen LogP contribution is 2.24. The molecule has 1 amide bonds. The molecular weight excluding hydrogens is 344 g/mol. The van der Waals surface area contributed by atoms with Crippen LogP contribution in [-0.2, 0) is 17.8 Å². The van der Waals surface area contributed by atoms with Crippen molar-refractivity contribution in [2.75, 3.05) is 20.1 Å². The molecule has 2 N–H and O–H groups in total. The van der Waals surface area contributed by atoms with Crippen LogP contribution in [-0.4, -0.2) is 36.9 Å². The number of guanidine groups is 1. The van der Waals surface area contributed by atoms with Gasteiger partial charge in [-0.3, -0.25) is 9.79 Å². The number of amides is 1. The number of carbonyl (C=O) groups is 1. The number of aliphatic imine (C=N–C) groups is 1. The van der Waals surface area contributed by atoms with E-state index in [1.807, 2.05) is 23.1 Å². The molecule has 1 aliphatic rings. The Bertz CT molecular complexity index is 756. The maximum Gasteiger partial charge on any atom is 0.224 e. The Labute approximate surface area is 159 Å². The minimum atomic E-state index is 0.150. The van der Waals surface area contributed by atoms with Gasteiger partial charge in [0.05, 0.1) is 6.04 Å². The van der Waals surface area contributed by atoms with E-state index in [1.54, 1.807) is 18.4 Å². The van der Waals surface area contributed by atoms with Crippen molar-refractivity contribution in [1.29, 1.82) is 0 Å². The number of fused-ring (bicyclic) bond motifs is 1. The summed E-state index contributed by atoms with van der Waals surface area (Å²) in [6.45, 7) is 4.24. The van der Waals surface area contributed by atoms with E-state index in [9.17, 15) is 4.79 Å². The van der Waals surface area contributed by atoms with Gasteiger partial charge in [-0.1, -0.05) is 30.3 Å². The Morgan fingerprint density at radius 3 is 2.88 bits per heavy atom. The van der Waals surface area contributed by atoms with E-state index in [1.165, 1.54) is 16.0 Å². The third-order valence-electron chi connectivity index (χ3n) is 4.67. The quantitative estimate of drug-likeness (QED) is 0.628. The van der Waals surface area contributed by atoms with Crippen LogP contribution in [0.1, 0.15) is 35.4 Å². The van der Waals surface area contributed by atoms with E-state index in [0.717, 1.165) is 19.5 Å². The van der Waals surface area contributed by atoms with Gasteiger partial charge in [-0.2, -0.15) is 0 Å². The normalized spacial score (nSPS) is 15.3. The zero-order valence-corrected chi connectivity index (χ0v) is 16.2. The predicted molar refractivity (Wildman–Crippen MR) is 107 cm³/mol. The highest BCUT2D eigenvalue weighted by molar-refractivity contribution is 7.10. The number of benzene rings is 1. The zero-order chi connectivity index (χ0) is 18.4. The molecule has 0 bridgehead atoms. The molecule has 0 spiro atoms. The zero-order valence-electron chi connectivity index (χ0n) is 15.4. The SMILES string of the molecule is CN=C(NCCC(=O)N1CCc2sccc2C1)NC(C)c1ccccc1. The molecule has 0 radical (unpaired) electrons. The molecule has 138 valence electrons. The van der Waals surface area contributed by atoms with Crippen molar-refractivity contribution in [3.63, 3.8) is 0 Å². The van der Waals surface area contributed by atoms with Gasteiger partial charge in [0.25, 0.3) is 0 Å². The van der Waals surface area contributed by atoms with Crippen LogP contribution in [0.3, 0.4) is 0 Å². The fourth-order valence-electron chi connectivity index (χ4n) is 3.13. The van der Waals surface area contributed by atoms with Crippen molar-refractivity contribution in [2.45, 2.75) is 32.4 Å². The molecule has 1 aromatic carbocycles. The first-order valence-electron chi connectivity index (χ1n) is 9.02. The summed E-state index contributed by atoms with van der Waals surface area (Å²) in [5.74, 6) is 0.911. The average molecular weight is 371 g/mol. The molecule has 1 atom stereocenters. The second-order valence-corrected chi connectivity index (χ2v) is 7.46. The number of nitrogens with one attached hydrogen (secondary N) is 2. The van der Waals surface area contributed by atoms with E-state index in [2.05, 4.69) is 46.1 Å². The fraction of sp³-hybridized carbons (Fsp3) is 0.400. The molecule has 26 heavy (non-hydrogen) atoms. The standard InChI is InChI=1S/C20H26N4OS/c1-15(16-6-4-3-5-7-16)23-20(21-2)22-11-8-19(25)24-12-9-18-17(14-24)10-13-26-18/h3-7,10,13,15H,8-9,11-12,14H2,1-2H3,(H2,21,22,23). The largest absolute Gasteiger partial charge is 0.356 e. The summed E-state index contributed by atoms with van der Waals surface area (Å²) in [7, 11) is 1.75. The van der Waals surface area contributed by atoms with Gasteiger partial charge in [-0.15, -0.1) is 11.3 Å². The van der Waals surface area contributed by atoms with Crippen LogP contribution in [0.15, 0.2) is 46.8 Å². The highest BCUT2D eigenvalue weighted by Gasteiger charge is 2.21. The minimum Gasteiger partial charge on any atom is -0.356 e. The van der Waals surface area contributed by atoms with Gasteiger partial charge in [-0.25, -0.2) is 0 Å². The molecule has 0 aliphatic carbocycles. The highest BCUT2D eigenvalue weighted by atomic mass is 32.1. The topological polar surface area (TPSA) is 56.7 Å². The van der Waals surface area contributed by atoms with Gasteiger partial charge in [0, 0.05) is 38.0 Å². The van der Waals surface area contributed by atoms with Crippen molar-refractivity contribution in [2.24, 2.45) is 4.99 Å². The number of rotatable bonds is 5.